The van der Waals surface area contributed by atoms with Crippen LogP contribution in [0.1, 0.15) is 11.1 Å². The van der Waals surface area contributed by atoms with E-state index >= 15 is 0 Å². The van der Waals surface area contributed by atoms with Gasteiger partial charge in [0.15, 0.2) is 11.5 Å². The van der Waals surface area contributed by atoms with Gasteiger partial charge in [-0.25, -0.2) is 0 Å². The molecule has 4 aliphatic rings. The second-order valence-electron chi connectivity index (χ2n) is 7.40. The summed E-state index contributed by atoms with van der Waals surface area (Å²) in [5.74, 6) is 1.97. The number of hydrogen-bond donors (Lipinski definition) is 0. The summed E-state index contributed by atoms with van der Waals surface area (Å²) in [6.45, 7) is 2.54. The molecule has 1 fully saturated rings. The molecule has 4 aliphatic heterocycles. The SMILES string of the molecule is O=C1N(CC2COCCO2)c2ccccc2C12COc1cc3c(cc12)OCO3. The van der Waals surface area contributed by atoms with E-state index < -0.39 is 5.41 Å². The second-order valence-corrected chi connectivity index (χ2v) is 7.40. The summed E-state index contributed by atoms with van der Waals surface area (Å²) in [5.41, 5.74) is 1.81. The highest BCUT2D eigenvalue weighted by Gasteiger charge is 2.57. The summed E-state index contributed by atoms with van der Waals surface area (Å²) in [6, 6.07) is 11.6. The Hall–Kier alpha value is -2.77. The predicted molar refractivity (Wildman–Crippen MR) is 98.2 cm³/mol. The molecule has 0 bridgehead atoms. The molecule has 28 heavy (non-hydrogen) atoms. The van der Waals surface area contributed by atoms with Crippen molar-refractivity contribution in [3.8, 4) is 17.2 Å². The maximum absolute atomic E-state index is 13.8. The van der Waals surface area contributed by atoms with E-state index in [1.807, 2.05) is 41.3 Å². The average Bonchev–Trinajstić information content (AvgIpc) is 3.40. The van der Waals surface area contributed by atoms with E-state index in [9.17, 15) is 4.79 Å². The molecule has 1 saturated heterocycles. The minimum Gasteiger partial charge on any atom is -0.491 e. The molecular formula is C21H19NO6. The van der Waals surface area contributed by atoms with Crippen LogP contribution < -0.4 is 19.1 Å². The topological polar surface area (TPSA) is 66.5 Å². The molecule has 2 unspecified atom stereocenters. The third kappa shape index (κ3) is 2.08. The zero-order chi connectivity index (χ0) is 18.7. The van der Waals surface area contributed by atoms with E-state index in [1.165, 1.54) is 0 Å². The Morgan fingerprint density at radius 1 is 1.00 bits per heavy atom. The highest BCUT2D eigenvalue weighted by Crippen LogP contribution is 2.55. The first kappa shape index (κ1) is 16.2. The maximum Gasteiger partial charge on any atom is 0.245 e. The number of para-hydroxylation sites is 1. The van der Waals surface area contributed by atoms with Crippen LogP contribution in [0.15, 0.2) is 36.4 Å². The molecule has 0 saturated carbocycles. The van der Waals surface area contributed by atoms with Crippen LogP contribution in [0.4, 0.5) is 5.69 Å². The number of nitrogens with zero attached hydrogens (tertiary/aromatic N) is 1. The number of ether oxygens (including phenoxy) is 5. The molecule has 2 atom stereocenters. The van der Waals surface area contributed by atoms with Gasteiger partial charge in [-0.05, 0) is 17.7 Å². The molecule has 7 heteroatoms. The Bertz CT molecular complexity index is 969. The molecule has 4 heterocycles. The number of fused-ring (bicyclic) bond motifs is 5. The molecule has 2 aromatic rings. The van der Waals surface area contributed by atoms with E-state index in [0.717, 1.165) is 16.8 Å². The zero-order valence-corrected chi connectivity index (χ0v) is 15.2. The number of carbonyl (C=O) groups is 1. The Labute approximate surface area is 161 Å². The van der Waals surface area contributed by atoms with Gasteiger partial charge in [-0.2, -0.15) is 0 Å². The van der Waals surface area contributed by atoms with Crippen LogP contribution in [0, 0.1) is 0 Å². The van der Waals surface area contributed by atoms with Crippen molar-refractivity contribution in [1.82, 2.24) is 0 Å². The fourth-order valence-electron chi connectivity index (χ4n) is 4.59. The van der Waals surface area contributed by atoms with Crippen molar-refractivity contribution < 1.29 is 28.5 Å². The van der Waals surface area contributed by atoms with Crippen LogP contribution in [0.5, 0.6) is 17.2 Å². The van der Waals surface area contributed by atoms with Gasteiger partial charge in [-0.15, -0.1) is 0 Å². The van der Waals surface area contributed by atoms with Crippen LogP contribution in [0.3, 0.4) is 0 Å². The highest BCUT2D eigenvalue weighted by molar-refractivity contribution is 6.11. The second kappa shape index (κ2) is 5.86. The third-order valence-electron chi connectivity index (χ3n) is 5.91. The van der Waals surface area contributed by atoms with Gasteiger partial charge in [-0.3, -0.25) is 4.79 Å². The van der Waals surface area contributed by atoms with Crippen molar-refractivity contribution in [2.45, 2.75) is 11.5 Å². The number of carbonyl (C=O) groups excluding carboxylic acids is 1. The lowest BCUT2D eigenvalue weighted by Gasteiger charge is -2.29. The van der Waals surface area contributed by atoms with Gasteiger partial charge in [0.1, 0.15) is 17.8 Å². The summed E-state index contributed by atoms with van der Waals surface area (Å²) in [6.07, 6.45) is -0.139. The lowest BCUT2D eigenvalue weighted by atomic mass is 9.77. The molecule has 2 aromatic carbocycles. The Balaban J connectivity index is 1.46. The molecule has 144 valence electrons. The molecule has 1 spiro atoms. The van der Waals surface area contributed by atoms with E-state index in [0.29, 0.717) is 43.6 Å². The minimum atomic E-state index is -0.873. The number of hydrogen-bond acceptors (Lipinski definition) is 6. The molecule has 6 rings (SSSR count). The lowest BCUT2D eigenvalue weighted by Crippen LogP contribution is -2.47. The van der Waals surface area contributed by atoms with Crippen molar-refractivity contribution in [3.05, 3.63) is 47.5 Å². The largest absolute Gasteiger partial charge is 0.491 e. The van der Waals surface area contributed by atoms with Crippen LogP contribution >= 0.6 is 0 Å². The summed E-state index contributed by atoms with van der Waals surface area (Å²) in [5, 5.41) is 0. The van der Waals surface area contributed by atoms with Crippen molar-refractivity contribution in [2.75, 3.05) is 44.7 Å². The van der Waals surface area contributed by atoms with E-state index in [4.69, 9.17) is 23.7 Å². The van der Waals surface area contributed by atoms with Gasteiger partial charge in [0.25, 0.3) is 0 Å². The molecule has 0 N–H and O–H groups in total. The number of benzene rings is 2. The van der Waals surface area contributed by atoms with Crippen molar-refractivity contribution in [2.24, 2.45) is 0 Å². The summed E-state index contributed by atoms with van der Waals surface area (Å²) >= 11 is 0. The first-order chi connectivity index (χ1) is 13.8. The van der Waals surface area contributed by atoms with Crippen LogP contribution in [-0.2, 0) is 19.7 Å². The van der Waals surface area contributed by atoms with Gasteiger partial charge in [0.05, 0.1) is 32.5 Å². The summed E-state index contributed by atoms with van der Waals surface area (Å²) in [4.78, 5) is 15.6. The molecule has 1 amide bonds. The minimum absolute atomic E-state index is 0.000453. The molecule has 7 nitrogen and oxygen atoms in total. The van der Waals surface area contributed by atoms with Gasteiger partial charge < -0.3 is 28.6 Å². The normalized spacial score (nSPS) is 27.1. The van der Waals surface area contributed by atoms with Crippen LogP contribution in [0.2, 0.25) is 0 Å². The summed E-state index contributed by atoms with van der Waals surface area (Å²) < 4.78 is 28.3. The Morgan fingerprint density at radius 3 is 2.71 bits per heavy atom. The van der Waals surface area contributed by atoms with Gasteiger partial charge in [-0.1, -0.05) is 18.2 Å². The van der Waals surface area contributed by atoms with Gasteiger partial charge >= 0.3 is 0 Å². The smallest absolute Gasteiger partial charge is 0.245 e. The van der Waals surface area contributed by atoms with E-state index in [1.54, 1.807) is 0 Å². The number of rotatable bonds is 2. The van der Waals surface area contributed by atoms with Crippen molar-refractivity contribution >= 4 is 11.6 Å². The number of amides is 1. The fraction of sp³-hybridized carbons (Fsp3) is 0.381. The predicted octanol–water partition coefficient (Wildman–Crippen LogP) is 1.86. The standard InChI is InChI=1S/C21H19NO6/c23-20-21(11-26-17-8-19-18(7-15(17)21)27-12-28-19)14-3-1-2-4-16(14)22(20)9-13-10-24-5-6-25-13/h1-4,7-8,13H,5-6,9-12H2. The van der Waals surface area contributed by atoms with Gasteiger partial charge in [0, 0.05) is 17.3 Å². The molecule has 0 aliphatic carbocycles. The maximum atomic E-state index is 13.8. The Kier molecular flexibility index (Phi) is 3.39. The van der Waals surface area contributed by atoms with Crippen molar-refractivity contribution in [3.63, 3.8) is 0 Å². The summed E-state index contributed by atoms with van der Waals surface area (Å²) in [7, 11) is 0. The fourth-order valence-corrected chi connectivity index (χ4v) is 4.59. The Morgan fingerprint density at radius 2 is 1.86 bits per heavy atom. The molecular weight excluding hydrogens is 362 g/mol. The van der Waals surface area contributed by atoms with E-state index in [2.05, 4.69) is 0 Å². The van der Waals surface area contributed by atoms with E-state index in [-0.39, 0.29) is 25.4 Å². The van der Waals surface area contributed by atoms with Crippen LogP contribution in [0.25, 0.3) is 0 Å². The van der Waals surface area contributed by atoms with Gasteiger partial charge in [0.2, 0.25) is 12.7 Å². The quantitative estimate of drug-likeness (QED) is 0.791. The lowest BCUT2D eigenvalue weighted by molar-refractivity contribution is -0.123. The highest BCUT2D eigenvalue weighted by atomic mass is 16.7. The van der Waals surface area contributed by atoms with Crippen molar-refractivity contribution in [1.29, 1.82) is 0 Å². The monoisotopic (exact) mass is 381 g/mol. The zero-order valence-electron chi connectivity index (χ0n) is 15.2. The first-order valence-corrected chi connectivity index (χ1v) is 9.45. The first-order valence-electron chi connectivity index (χ1n) is 9.45. The van der Waals surface area contributed by atoms with Crippen LogP contribution in [-0.4, -0.2) is 51.8 Å². The average molecular weight is 381 g/mol. The third-order valence-corrected chi connectivity index (χ3v) is 5.91. The number of anilines is 1. The molecule has 0 aromatic heterocycles. The molecule has 0 radical (unpaired) electrons.